The third-order valence-electron chi connectivity index (χ3n) is 7.18. The zero-order valence-electron chi connectivity index (χ0n) is 21.5. The van der Waals surface area contributed by atoms with E-state index in [1.54, 1.807) is 49.8 Å². The molecular formula is C29H29ClF2N4O2. The Morgan fingerprint density at radius 3 is 2.08 bits per heavy atom. The highest BCUT2D eigenvalue weighted by molar-refractivity contribution is 6.32. The summed E-state index contributed by atoms with van der Waals surface area (Å²) in [6.45, 7) is 7.28. The van der Waals surface area contributed by atoms with E-state index >= 15 is 0 Å². The number of benzene rings is 3. The minimum Gasteiger partial charge on any atom is -0.507 e. The number of aromatic hydroxyl groups is 1. The molecule has 0 amide bonds. The minimum atomic E-state index is -0.552. The van der Waals surface area contributed by atoms with Gasteiger partial charge < -0.3 is 14.6 Å². The van der Waals surface area contributed by atoms with Crippen LogP contribution in [0.4, 0.5) is 14.5 Å². The molecule has 4 aromatic rings. The molecule has 0 bridgehead atoms. The van der Waals surface area contributed by atoms with Gasteiger partial charge in [-0.1, -0.05) is 23.7 Å². The molecule has 1 N–H and O–H groups in total. The molecule has 0 aliphatic carbocycles. The number of aryl methyl sites for hydroxylation is 1. The van der Waals surface area contributed by atoms with Crippen LogP contribution in [0.25, 0.3) is 27.9 Å². The maximum Gasteiger partial charge on any atom is 0.332 e. The maximum atomic E-state index is 14.9. The monoisotopic (exact) mass is 538 g/mol. The lowest BCUT2D eigenvalue weighted by Crippen LogP contribution is -2.49. The van der Waals surface area contributed by atoms with Crippen LogP contribution in [0.5, 0.6) is 5.75 Å². The number of phenolic OH excluding ortho intramolecular Hbond substituents is 1. The number of phenols is 1. The first-order valence-electron chi connectivity index (χ1n) is 12.5. The zero-order valence-corrected chi connectivity index (χ0v) is 22.2. The molecule has 198 valence electrons. The summed E-state index contributed by atoms with van der Waals surface area (Å²) in [4.78, 5) is 16.7. The van der Waals surface area contributed by atoms with Crippen LogP contribution in [-0.2, 0) is 7.05 Å². The minimum absolute atomic E-state index is 0.144. The van der Waals surface area contributed by atoms with Crippen molar-refractivity contribution in [2.45, 2.75) is 19.9 Å². The molecule has 1 aliphatic heterocycles. The molecule has 1 saturated heterocycles. The van der Waals surface area contributed by atoms with Crippen LogP contribution in [-0.4, -0.2) is 51.4 Å². The van der Waals surface area contributed by atoms with Crippen LogP contribution in [0.2, 0.25) is 5.02 Å². The molecule has 0 saturated carbocycles. The summed E-state index contributed by atoms with van der Waals surface area (Å²) in [6.07, 6.45) is 3.23. The van der Waals surface area contributed by atoms with Gasteiger partial charge in [0.15, 0.2) is 0 Å². The number of imidazole rings is 1. The molecule has 6 nitrogen and oxygen atoms in total. The number of piperazine rings is 1. The Bertz CT molecular complexity index is 1550. The topological polar surface area (TPSA) is 53.6 Å². The second kappa shape index (κ2) is 10.3. The molecule has 5 rings (SSSR count). The largest absolute Gasteiger partial charge is 0.507 e. The van der Waals surface area contributed by atoms with E-state index in [4.69, 9.17) is 11.6 Å². The lowest BCUT2D eigenvalue weighted by Gasteiger charge is -2.38. The van der Waals surface area contributed by atoms with Crippen molar-refractivity contribution in [3.63, 3.8) is 0 Å². The average Bonchev–Trinajstić information content (AvgIpc) is 3.23. The fourth-order valence-corrected chi connectivity index (χ4v) is 5.23. The van der Waals surface area contributed by atoms with E-state index in [1.165, 1.54) is 27.3 Å². The van der Waals surface area contributed by atoms with Crippen LogP contribution < -0.4 is 10.6 Å². The molecule has 0 unspecified atom stereocenters. The highest BCUT2D eigenvalue weighted by atomic mass is 35.5. The lowest BCUT2D eigenvalue weighted by molar-refractivity contribution is 0.209. The summed E-state index contributed by atoms with van der Waals surface area (Å²) >= 11 is 6.50. The van der Waals surface area contributed by atoms with E-state index in [2.05, 4.69) is 18.7 Å². The third kappa shape index (κ3) is 4.81. The van der Waals surface area contributed by atoms with Gasteiger partial charge in [-0.15, -0.1) is 0 Å². The number of nitrogens with zero attached hydrogens (tertiary/aromatic N) is 4. The number of halogens is 3. The normalized spacial score (nSPS) is 14.4. The highest BCUT2D eigenvalue weighted by Crippen LogP contribution is 2.41. The van der Waals surface area contributed by atoms with Gasteiger partial charge in [-0.05, 0) is 61.4 Å². The van der Waals surface area contributed by atoms with E-state index in [0.29, 0.717) is 41.6 Å². The molecule has 0 spiro atoms. The van der Waals surface area contributed by atoms with Gasteiger partial charge in [-0.3, -0.25) is 9.47 Å². The number of hydrogen-bond donors (Lipinski definition) is 1. The predicted octanol–water partition coefficient (Wildman–Crippen LogP) is 5.68. The van der Waals surface area contributed by atoms with E-state index in [-0.39, 0.29) is 33.4 Å². The number of anilines is 1. The molecule has 2 heterocycles. The number of hydrogen-bond acceptors (Lipinski definition) is 4. The smallest absolute Gasteiger partial charge is 0.332 e. The summed E-state index contributed by atoms with van der Waals surface area (Å²) in [7, 11) is 1.64. The summed E-state index contributed by atoms with van der Waals surface area (Å²) in [5, 5.41) is 11.5. The standard InChI is InChI=1S/C29H29ClF2N4O2/c1-18(2)34-9-11-35(12-10-34)27-15-20(4-6-25(27)32)23-17-21(31)16-22(28(23)37)19-5-7-26(24(30)14-19)36-13-8-33(3)29(36)38/h4-8,13-18,37H,9-12H2,1-3H3. The van der Waals surface area contributed by atoms with Crippen molar-refractivity contribution < 1.29 is 13.9 Å². The molecule has 9 heteroatoms. The molecule has 1 aromatic heterocycles. The van der Waals surface area contributed by atoms with Gasteiger partial charge in [-0.2, -0.15) is 0 Å². The second-order valence-electron chi connectivity index (χ2n) is 9.86. The van der Waals surface area contributed by atoms with Crippen molar-refractivity contribution in [1.29, 1.82) is 0 Å². The SMILES string of the molecule is CC(C)N1CCN(c2cc(-c3cc(F)cc(-c4ccc(-n5ccn(C)c5=O)c(Cl)c4)c3O)ccc2F)CC1. The van der Waals surface area contributed by atoms with Gasteiger partial charge in [0.25, 0.3) is 0 Å². The van der Waals surface area contributed by atoms with Gasteiger partial charge in [0.1, 0.15) is 17.4 Å². The average molecular weight is 539 g/mol. The Labute approximate surface area is 224 Å². The summed E-state index contributed by atoms with van der Waals surface area (Å²) < 4.78 is 32.6. The summed E-state index contributed by atoms with van der Waals surface area (Å²) in [6, 6.07) is 12.4. The Kier molecular flexibility index (Phi) is 7.03. The Balaban J connectivity index is 1.51. The first-order valence-corrected chi connectivity index (χ1v) is 12.9. The van der Waals surface area contributed by atoms with Gasteiger partial charge in [0, 0.05) is 62.8 Å². The first-order chi connectivity index (χ1) is 18.1. The third-order valence-corrected chi connectivity index (χ3v) is 7.49. The Morgan fingerprint density at radius 2 is 1.50 bits per heavy atom. The maximum absolute atomic E-state index is 14.9. The van der Waals surface area contributed by atoms with Crippen molar-refractivity contribution in [3.8, 4) is 33.7 Å². The van der Waals surface area contributed by atoms with E-state index in [9.17, 15) is 18.7 Å². The van der Waals surface area contributed by atoms with Crippen molar-refractivity contribution >= 4 is 17.3 Å². The van der Waals surface area contributed by atoms with Crippen LogP contribution in [0, 0.1) is 11.6 Å². The predicted molar refractivity (Wildman–Crippen MR) is 147 cm³/mol. The molecule has 38 heavy (non-hydrogen) atoms. The molecular weight excluding hydrogens is 510 g/mol. The summed E-state index contributed by atoms with van der Waals surface area (Å²) in [5.74, 6) is -1.06. The fraction of sp³-hybridized carbons (Fsp3) is 0.276. The van der Waals surface area contributed by atoms with Crippen LogP contribution in [0.1, 0.15) is 13.8 Å². The number of rotatable bonds is 5. The van der Waals surface area contributed by atoms with Gasteiger partial charge >= 0.3 is 5.69 Å². The zero-order chi connectivity index (χ0) is 27.1. The molecule has 3 aromatic carbocycles. The van der Waals surface area contributed by atoms with Crippen molar-refractivity contribution in [1.82, 2.24) is 14.0 Å². The van der Waals surface area contributed by atoms with Crippen LogP contribution >= 0.6 is 11.6 Å². The molecule has 0 radical (unpaired) electrons. The molecule has 1 aliphatic rings. The van der Waals surface area contributed by atoms with Gasteiger partial charge in [-0.25, -0.2) is 13.6 Å². The molecule has 0 atom stereocenters. The summed E-state index contributed by atoms with van der Waals surface area (Å²) in [5.41, 5.74) is 2.12. The highest BCUT2D eigenvalue weighted by Gasteiger charge is 2.23. The van der Waals surface area contributed by atoms with Crippen molar-refractivity contribution in [3.05, 3.63) is 88.1 Å². The quantitative estimate of drug-likeness (QED) is 0.355. The van der Waals surface area contributed by atoms with E-state index in [1.807, 2.05) is 4.90 Å². The van der Waals surface area contributed by atoms with Gasteiger partial charge in [0.2, 0.25) is 0 Å². The van der Waals surface area contributed by atoms with E-state index in [0.717, 1.165) is 13.1 Å². The van der Waals surface area contributed by atoms with Crippen LogP contribution in [0.15, 0.2) is 65.7 Å². The van der Waals surface area contributed by atoms with Crippen molar-refractivity contribution in [2.75, 3.05) is 31.1 Å². The fourth-order valence-electron chi connectivity index (χ4n) is 4.96. The lowest BCUT2D eigenvalue weighted by atomic mass is 9.96. The van der Waals surface area contributed by atoms with Crippen molar-refractivity contribution in [2.24, 2.45) is 7.05 Å². The Hall–Kier alpha value is -3.62. The first kappa shape index (κ1) is 26.0. The van der Waals surface area contributed by atoms with E-state index < -0.39 is 5.82 Å². The number of aromatic nitrogens is 2. The van der Waals surface area contributed by atoms with Crippen LogP contribution in [0.3, 0.4) is 0 Å². The second-order valence-corrected chi connectivity index (χ2v) is 10.3. The van der Waals surface area contributed by atoms with Gasteiger partial charge in [0.05, 0.1) is 16.4 Å². The Morgan fingerprint density at radius 1 is 0.868 bits per heavy atom. The molecule has 1 fully saturated rings.